The molecule has 0 aromatic heterocycles. The van der Waals surface area contributed by atoms with E-state index in [4.69, 9.17) is 15.7 Å². The second-order valence-corrected chi connectivity index (χ2v) is 5.07. The molecule has 0 aliphatic carbocycles. The van der Waals surface area contributed by atoms with Crippen molar-refractivity contribution in [1.29, 1.82) is 5.26 Å². The average Bonchev–Trinajstić information content (AvgIpc) is 2.46. The fourth-order valence-electron chi connectivity index (χ4n) is 2.04. The molecule has 0 saturated carbocycles. The van der Waals surface area contributed by atoms with Crippen molar-refractivity contribution in [2.45, 2.75) is 26.0 Å². The smallest absolute Gasteiger partial charge is 0.166 e. The topological polar surface area (TPSA) is 59.0 Å². The maximum absolute atomic E-state index is 13.9. The van der Waals surface area contributed by atoms with Crippen LogP contribution in [0.4, 0.5) is 4.39 Å². The molecule has 0 bridgehead atoms. The van der Waals surface area contributed by atoms with Crippen LogP contribution < -0.4 is 10.5 Å². The van der Waals surface area contributed by atoms with Gasteiger partial charge in [-0.05, 0) is 37.6 Å². The Morgan fingerprint density at radius 1 is 1.19 bits per heavy atom. The lowest BCUT2D eigenvalue weighted by Crippen LogP contribution is -2.29. The molecule has 21 heavy (non-hydrogen) atoms. The van der Waals surface area contributed by atoms with Crippen molar-refractivity contribution in [2.24, 2.45) is 5.73 Å². The van der Waals surface area contributed by atoms with Gasteiger partial charge in [-0.3, -0.25) is 0 Å². The first-order chi connectivity index (χ1) is 10.0. The number of aryl methyl sites for hydroxylation is 1. The van der Waals surface area contributed by atoms with Crippen LogP contribution >= 0.6 is 0 Å². The summed E-state index contributed by atoms with van der Waals surface area (Å²) in [5, 5.41) is 8.75. The third-order valence-corrected chi connectivity index (χ3v) is 3.20. The van der Waals surface area contributed by atoms with Crippen molar-refractivity contribution in [3.05, 3.63) is 65.0 Å². The van der Waals surface area contributed by atoms with Crippen LogP contribution in [0.2, 0.25) is 0 Å². The van der Waals surface area contributed by atoms with Gasteiger partial charge in [0.2, 0.25) is 0 Å². The minimum atomic E-state index is -0.563. The molecule has 2 aromatic carbocycles. The quantitative estimate of drug-likeness (QED) is 0.935. The summed E-state index contributed by atoms with van der Waals surface area (Å²) in [6.45, 7) is 3.80. The lowest BCUT2D eigenvalue weighted by Gasteiger charge is -2.23. The highest BCUT2D eigenvalue weighted by atomic mass is 19.1. The number of hydrogen-bond donors (Lipinski definition) is 1. The van der Waals surface area contributed by atoms with Crippen molar-refractivity contribution in [3.8, 4) is 11.8 Å². The molecule has 0 fully saturated rings. The molecule has 2 N–H and O–H groups in total. The highest BCUT2D eigenvalue weighted by molar-refractivity contribution is 5.36. The van der Waals surface area contributed by atoms with Crippen LogP contribution in [-0.2, 0) is 0 Å². The predicted molar refractivity (Wildman–Crippen MR) is 79.3 cm³/mol. The molecule has 3 nitrogen and oxygen atoms in total. The monoisotopic (exact) mass is 284 g/mol. The molecule has 0 aliphatic rings. The van der Waals surface area contributed by atoms with Crippen LogP contribution in [0.25, 0.3) is 0 Å². The number of nitriles is 1. The third kappa shape index (κ3) is 3.59. The summed E-state index contributed by atoms with van der Waals surface area (Å²) in [4.78, 5) is 0. The van der Waals surface area contributed by atoms with E-state index in [0.717, 1.165) is 17.2 Å². The number of ether oxygens (including phenoxy) is 1. The van der Waals surface area contributed by atoms with E-state index in [0.29, 0.717) is 0 Å². The Hall–Kier alpha value is -2.38. The third-order valence-electron chi connectivity index (χ3n) is 3.20. The SMILES string of the molecule is Cc1ccc(C(Oc2ccc(C#N)cc2F)C(C)N)cc1. The molecule has 0 radical (unpaired) electrons. The molecule has 0 aliphatic heterocycles. The van der Waals surface area contributed by atoms with Gasteiger partial charge in [0.1, 0.15) is 6.10 Å². The molecule has 2 unspecified atom stereocenters. The van der Waals surface area contributed by atoms with Crippen LogP contribution in [0.1, 0.15) is 29.7 Å². The zero-order chi connectivity index (χ0) is 15.4. The van der Waals surface area contributed by atoms with Gasteiger partial charge in [-0.1, -0.05) is 29.8 Å². The molecule has 2 aromatic rings. The summed E-state index contributed by atoms with van der Waals surface area (Å²) in [5.74, 6) is -0.469. The Labute approximate surface area is 123 Å². The van der Waals surface area contributed by atoms with E-state index in [-0.39, 0.29) is 17.4 Å². The Morgan fingerprint density at radius 2 is 1.86 bits per heavy atom. The Bertz CT molecular complexity index is 659. The minimum Gasteiger partial charge on any atom is -0.481 e. The standard InChI is InChI=1S/C17H17FN2O/c1-11-3-6-14(7-4-11)17(12(2)20)21-16-8-5-13(10-19)9-15(16)18/h3-9,12,17H,20H2,1-2H3. The molecule has 0 spiro atoms. The van der Waals surface area contributed by atoms with E-state index in [9.17, 15) is 4.39 Å². The maximum atomic E-state index is 13.9. The fourth-order valence-corrected chi connectivity index (χ4v) is 2.04. The molecule has 2 rings (SSSR count). The van der Waals surface area contributed by atoms with E-state index >= 15 is 0 Å². The highest BCUT2D eigenvalue weighted by Gasteiger charge is 2.20. The van der Waals surface area contributed by atoms with E-state index in [1.807, 2.05) is 44.2 Å². The van der Waals surface area contributed by atoms with Gasteiger partial charge in [0.15, 0.2) is 11.6 Å². The number of benzene rings is 2. The Balaban J connectivity index is 2.29. The van der Waals surface area contributed by atoms with Gasteiger partial charge < -0.3 is 10.5 Å². The molecule has 0 amide bonds. The predicted octanol–water partition coefficient (Wildman–Crippen LogP) is 3.47. The van der Waals surface area contributed by atoms with Crippen molar-refractivity contribution in [1.82, 2.24) is 0 Å². The van der Waals surface area contributed by atoms with Crippen LogP contribution in [0.5, 0.6) is 5.75 Å². The number of nitrogens with two attached hydrogens (primary N) is 1. The van der Waals surface area contributed by atoms with Gasteiger partial charge in [-0.25, -0.2) is 4.39 Å². The zero-order valence-electron chi connectivity index (χ0n) is 12.0. The van der Waals surface area contributed by atoms with Crippen molar-refractivity contribution in [2.75, 3.05) is 0 Å². The summed E-state index contributed by atoms with van der Waals surface area (Å²) < 4.78 is 19.6. The maximum Gasteiger partial charge on any atom is 0.166 e. The van der Waals surface area contributed by atoms with E-state index in [1.165, 1.54) is 12.1 Å². The van der Waals surface area contributed by atoms with Gasteiger partial charge in [0.05, 0.1) is 11.6 Å². The second-order valence-electron chi connectivity index (χ2n) is 5.07. The summed E-state index contributed by atoms with van der Waals surface area (Å²) in [7, 11) is 0. The molecule has 2 atom stereocenters. The summed E-state index contributed by atoms with van der Waals surface area (Å²) in [5.41, 5.74) is 8.24. The van der Waals surface area contributed by atoms with E-state index in [1.54, 1.807) is 0 Å². The normalized spacial score (nSPS) is 13.3. The highest BCUT2D eigenvalue weighted by Crippen LogP contribution is 2.27. The van der Waals surface area contributed by atoms with Crippen LogP contribution in [0.15, 0.2) is 42.5 Å². The van der Waals surface area contributed by atoms with Crippen molar-refractivity contribution in [3.63, 3.8) is 0 Å². The first kappa shape index (κ1) is 15.0. The Kier molecular flexibility index (Phi) is 4.56. The summed E-state index contributed by atoms with van der Waals surface area (Å²) in [6.07, 6.45) is -0.451. The van der Waals surface area contributed by atoms with Crippen LogP contribution in [0.3, 0.4) is 0 Å². The first-order valence-electron chi connectivity index (χ1n) is 6.69. The lowest BCUT2D eigenvalue weighted by atomic mass is 10.0. The molecule has 4 heteroatoms. The van der Waals surface area contributed by atoms with Gasteiger partial charge in [-0.2, -0.15) is 5.26 Å². The van der Waals surface area contributed by atoms with E-state index in [2.05, 4.69) is 0 Å². The molecular formula is C17H17FN2O. The lowest BCUT2D eigenvalue weighted by molar-refractivity contribution is 0.172. The summed E-state index contributed by atoms with van der Waals surface area (Å²) >= 11 is 0. The second kappa shape index (κ2) is 6.38. The molecule has 0 saturated heterocycles. The minimum absolute atomic E-state index is 0.0943. The van der Waals surface area contributed by atoms with Gasteiger partial charge >= 0.3 is 0 Å². The van der Waals surface area contributed by atoms with Gasteiger partial charge in [0, 0.05) is 6.04 Å². The van der Waals surface area contributed by atoms with Crippen molar-refractivity contribution >= 4 is 0 Å². The van der Waals surface area contributed by atoms with Crippen molar-refractivity contribution < 1.29 is 9.13 Å². The summed E-state index contributed by atoms with van der Waals surface area (Å²) in [6, 6.07) is 13.5. The number of nitrogens with zero attached hydrogens (tertiary/aromatic N) is 1. The van der Waals surface area contributed by atoms with E-state index < -0.39 is 11.9 Å². The molecule has 108 valence electrons. The number of hydrogen-bond acceptors (Lipinski definition) is 3. The largest absolute Gasteiger partial charge is 0.481 e. The number of rotatable bonds is 4. The fraction of sp³-hybridized carbons (Fsp3) is 0.235. The number of halogens is 1. The molecular weight excluding hydrogens is 267 g/mol. The van der Waals surface area contributed by atoms with Crippen LogP contribution in [0, 0.1) is 24.1 Å². The average molecular weight is 284 g/mol. The molecule has 0 heterocycles. The van der Waals surface area contributed by atoms with Crippen LogP contribution in [-0.4, -0.2) is 6.04 Å². The van der Waals surface area contributed by atoms with Gasteiger partial charge in [-0.15, -0.1) is 0 Å². The Morgan fingerprint density at radius 3 is 2.38 bits per heavy atom. The first-order valence-corrected chi connectivity index (χ1v) is 6.69. The van der Waals surface area contributed by atoms with Gasteiger partial charge in [0.25, 0.3) is 0 Å². The zero-order valence-corrected chi connectivity index (χ0v) is 12.0.